The molecule has 0 rings (SSSR count). The van der Waals surface area contributed by atoms with Gasteiger partial charge < -0.3 is 14.2 Å². The topological polar surface area (TPSA) is 61.8 Å². The molecule has 0 heterocycles. The molecule has 0 amide bonds. The molecule has 0 saturated heterocycles. The van der Waals surface area contributed by atoms with Crippen molar-refractivity contribution in [1.29, 1.82) is 0 Å². The maximum absolute atomic E-state index is 12.7. The lowest BCUT2D eigenvalue weighted by Crippen LogP contribution is -2.30. The molecule has 0 spiro atoms. The van der Waals surface area contributed by atoms with Crippen molar-refractivity contribution in [2.75, 3.05) is 19.8 Å². The van der Waals surface area contributed by atoms with Crippen LogP contribution in [0, 0.1) is 0 Å². The smallest absolute Gasteiger partial charge is 0.306 e. The van der Waals surface area contributed by atoms with Gasteiger partial charge in [-0.25, -0.2) is 0 Å². The number of unbranched alkanes of at least 4 members (excludes halogenated alkanes) is 27. The van der Waals surface area contributed by atoms with Crippen LogP contribution in [0.3, 0.4) is 0 Å². The van der Waals surface area contributed by atoms with Crippen LogP contribution in [0.1, 0.15) is 252 Å². The van der Waals surface area contributed by atoms with Crippen molar-refractivity contribution in [1.82, 2.24) is 0 Å². The van der Waals surface area contributed by atoms with E-state index in [4.69, 9.17) is 14.2 Å². The Labute approximate surface area is 361 Å². The summed E-state index contributed by atoms with van der Waals surface area (Å²) in [6, 6.07) is 0. The van der Waals surface area contributed by atoms with Gasteiger partial charge in [-0.15, -0.1) is 0 Å². The van der Waals surface area contributed by atoms with E-state index < -0.39 is 6.10 Å². The molecule has 0 aliphatic rings. The second-order valence-corrected chi connectivity index (χ2v) is 16.7. The van der Waals surface area contributed by atoms with E-state index in [2.05, 4.69) is 69.4 Å². The molecule has 0 saturated carbocycles. The first-order valence-corrected chi connectivity index (χ1v) is 25.2. The van der Waals surface area contributed by atoms with E-state index in [1.165, 1.54) is 154 Å². The first-order valence-electron chi connectivity index (χ1n) is 25.2. The van der Waals surface area contributed by atoms with Crippen LogP contribution in [0.25, 0.3) is 0 Å². The summed E-state index contributed by atoms with van der Waals surface area (Å²) < 4.78 is 17.3. The van der Waals surface area contributed by atoms with Crippen LogP contribution in [-0.4, -0.2) is 37.9 Å². The number of rotatable bonds is 46. The van der Waals surface area contributed by atoms with Crippen molar-refractivity contribution in [3.05, 3.63) is 48.6 Å². The third-order valence-electron chi connectivity index (χ3n) is 10.8. The number of esters is 2. The Morgan fingerprint density at radius 1 is 0.379 bits per heavy atom. The quantitative estimate of drug-likeness (QED) is 0.0348. The van der Waals surface area contributed by atoms with Crippen molar-refractivity contribution >= 4 is 11.9 Å². The van der Waals surface area contributed by atoms with Gasteiger partial charge in [0.05, 0.1) is 6.61 Å². The van der Waals surface area contributed by atoms with E-state index in [1.807, 2.05) is 0 Å². The van der Waals surface area contributed by atoms with Crippen molar-refractivity contribution < 1.29 is 23.8 Å². The van der Waals surface area contributed by atoms with Gasteiger partial charge in [-0.2, -0.15) is 0 Å². The molecule has 5 heteroatoms. The van der Waals surface area contributed by atoms with Crippen molar-refractivity contribution in [2.24, 2.45) is 0 Å². The van der Waals surface area contributed by atoms with Crippen LogP contribution in [0.15, 0.2) is 48.6 Å². The van der Waals surface area contributed by atoms with Crippen molar-refractivity contribution in [3.63, 3.8) is 0 Å². The zero-order chi connectivity index (χ0) is 42.1. The third kappa shape index (κ3) is 46.5. The Hall–Kier alpha value is -2.14. The summed E-state index contributed by atoms with van der Waals surface area (Å²) in [5.41, 5.74) is 0. The molecule has 0 aromatic carbocycles. The molecule has 0 aromatic rings. The van der Waals surface area contributed by atoms with E-state index in [1.54, 1.807) is 0 Å². The number of carbonyl (C=O) groups is 2. The molecule has 0 aromatic heterocycles. The molecule has 58 heavy (non-hydrogen) atoms. The highest BCUT2D eigenvalue weighted by Gasteiger charge is 2.17. The van der Waals surface area contributed by atoms with E-state index in [9.17, 15) is 9.59 Å². The summed E-state index contributed by atoms with van der Waals surface area (Å²) in [6.45, 7) is 7.76. The maximum Gasteiger partial charge on any atom is 0.306 e. The van der Waals surface area contributed by atoms with Gasteiger partial charge in [-0.1, -0.05) is 204 Å². The van der Waals surface area contributed by atoms with E-state index in [0.717, 1.165) is 64.2 Å². The minimum Gasteiger partial charge on any atom is -0.462 e. The Balaban J connectivity index is 4.21. The van der Waals surface area contributed by atoms with Crippen LogP contribution >= 0.6 is 0 Å². The van der Waals surface area contributed by atoms with Gasteiger partial charge in [0.1, 0.15) is 6.61 Å². The summed E-state index contributed by atoms with van der Waals surface area (Å²) in [4.78, 5) is 25.3. The average molecular weight is 813 g/mol. The van der Waals surface area contributed by atoms with E-state index >= 15 is 0 Å². The first-order chi connectivity index (χ1) is 28.6. The summed E-state index contributed by atoms with van der Waals surface area (Å²) >= 11 is 0. The predicted octanol–water partition coefficient (Wildman–Crippen LogP) is 16.8. The molecule has 338 valence electrons. The van der Waals surface area contributed by atoms with Crippen molar-refractivity contribution in [3.8, 4) is 0 Å². The molecular formula is C53H96O5. The number of carbonyl (C=O) groups excluding carboxylic acids is 2. The van der Waals surface area contributed by atoms with Crippen molar-refractivity contribution in [2.45, 2.75) is 258 Å². The highest BCUT2D eigenvalue weighted by molar-refractivity contribution is 5.70. The highest BCUT2D eigenvalue weighted by Crippen LogP contribution is 2.14. The van der Waals surface area contributed by atoms with E-state index in [0.29, 0.717) is 19.4 Å². The fraction of sp³-hybridized carbons (Fsp3) is 0.811. The second-order valence-electron chi connectivity index (χ2n) is 16.7. The molecule has 0 aliphatic heterocycles. The highest BCUT2D eigenvalue weighted by atomic mass is 16.6. The predicted molar refractivity (Wildman–Crippen MR) is 251 cm³/mol. The fourth-order valence-electron chi connectivity index (χ4n) is 7.04. The van der Waals surface area contributed by atoms with Gasteiger partial charge in [0.2, 0.25) is 0 Å². The molecule has 0 aliphatic carbocycles. The normalized spacial score (nSPS) is 12.5. The van der Waals surface area contributed by atoms with Gasteiger partial charge in [0.25, 0.3) is 0 Å². The lowest BCUT2D eigenvalue weighted by atomic mass is 10.1. The fourth-order valence-corrected chi connectivity index (χ4v) is 7.04. The standard InChI is InChI=1S/C53H96O5/c1-4-7-10-13-16-19-21-23-25-26-27-29-31-33-36-39-42-45-48-56-49-51(58-53(55)47-44-41-38-34-18-15-12-9-6-3)50-57-52(54)46-43-40-37-35-32-30-28-24-22-20-17-14-11-8-5-2/h16-17,19-20,23-25,28,51H,4-15,18,21-22,26-27,29-50H2,1-3H3/b19-16-,20-17-,25-23-,28-24-. The minimum absolute atomic E-state index is 0.0779. The molecule has 0 N–H and O–H groups in total. The molecular weight excluding hydrogens is 717 g/mol. The zero-order valence-corrected chi connectivity index (χ0v) is 38.8. The van der Waals surface area contributed by atoms with Crippen LogP contribution in [0.5, 0.6) is 0 Å². The molecule has 1 atom stereocenters. The largest absolute Gasteiger partial charge is 0.462 e. The van der Waals surface area contributed by atoms with Crippen LogP contribution < -0.4 is 0 Å². The third-order valence-corrected chi connectivity index (χ3v) is 10.8. The molecule has 1 unspecified atom stereocenters. The lowest BCUT2D eigenvalue weighted by Gasteiger charge is -2.18. The molecule has 0 bridgehead atoms. The van der Waals surface area contributed by atoms with Crippen LogP contribution in [0.2, 0.25) is 0 Å². The minimum atomic E-state index is -0.540. The molecule has 0 radical (unpaired) electrons. The summed E-state index contributed by atoms with van der Waals surface area (Å²) in [5.74, 6) is -0.411. The summed E-state index contributed by atoms with van der Waals surface area (Å²) in [6.07, 6.45) is 59.7. The second kappa shape index (κ2) is 49.2. The van der Waals surface area contributed by atoms with Gasteiger partial charge in [-0.3, -0.25) is 9.59 Å². The number of hydrogen-bond donors (Lipinski definition) is 0. The number of ether oxygens (including phenoxy) is 3. The maximum atomic E-state index is 12.7. The SMILES string of the molecule is CCCCC/C=C\C/C=C\CCCCCCCCCCOCC(COC(=O)CCCCCCC/C=C\C/C=C\CCCCC)OC(=O)CCCCCCCCCCC. The molecule has 5 nitrogen and oxygen atoms in total. The van der Waals surface area contributed by atoms with Gasteiger partial charge >= 0.3 is 11.9 Å². The van der Waals surface area contributed by atoms with Crippen LogP contribution in [-0.2, 0) is 23.8 Å². The Morgan fingerprint density at radius 3 is 1.17 bits per heavy atom. The van der Waals surface area contributed by atoms with Gasteiger partial charge in [0, 0.05) is 19.4 Å². The number of allylic oxidation sites excluding steroid dienone is 8. The first kappa shape index (κ1) is 55.9. The van der Waals surface area contributed by atoms with E-state index in [-0.39, 0.29) is 25.2 Å². The molecule has 0 fully saturated rings. The lowest BCUT2D eigenvalue weighted by molar-refractivity contribution is -0.163. The van der Waals surface area contributed by atoms with Gasteiger partial charge in [0.15, 0.2) is 6.10 Å². The summed E-state index contributed by atoms with van der Waals surface area (Å²) in [7, 11) is 0. The van der Waals surface area contributed by atoms with Gasteiger partial charge in [-0.05, 0) is 83.5 Å². The summed E-state index contributed by atoms with van der Waals surface area (Å²) in [5, 5.41) is 0. The Kier molecular flexibility index (Phi) is 47.4. The zero-order valence-electron chi connectivity index (χ0n) is 38.8. The average Bonchev–Trinajstić information content (AvgIpc) is 3.22. The van der Waals surface area contributed by atoms with Crippen LogP contribution in [0.4, 0.5) is 0 Å². The Bertz CT molecular complexity index is 966. The number of hydrogen-bond acceptors (Lipinski definition) is 5. The monoisotopic (exact) mass is 813 g/mol. The Morgan fingerprint density at radius 2 is 0.724 bits per heavy atom.